The van der Waals surface area contributed by atoms with Gasteiger partial charge >= 0.3 is 6.03 Å². The van der Waals surface area contributed by atoms with Crippen molar-refractivity contribution in [3.63, 3.8) is 0 Å². The van der Waals surface area contributed by atoms with Gasteiger partial charge < -0.3 is 5.32 Å². The molecular weight excluding hydrogens is 388 g/mol. The molecule has 3 aliphatic rings. The lowest BCUT2D eigenvalue weighted by Crippen LogP contribution is -2.42. The monoisotopic (exact) mass is 408 g/mol. The van der Waals surface area contributed by atoms with Crippen molar-refractivity contribution in [2.45, 2.75) is 24.8 Å². The second-order valence-electron chi connectivity index (χ2n) is 8.51. The molecule has 0 unspecified atom stereocenters. The van der Waals surface area contributed by atoms with E-state index in [1.165, 1.54) is 11.1 Å². The number of hydrogen-bond donors (Lipinski definition) is 1. The fourth-order valence-electron chi connectivity index (χ4n) is 5.27. The van der Waals surface area contributed by atoms with Crippen molar-refractivity contribution >= 4 is 17.7 Å². The normalized spacial score (nSPS) is 20.6. The molecule has 0 saturated carbocycles. The Kier molecular flexibility index (Phi) is 3.72. The van der Waals surface area contributed by atoms with E-state index in [2.05, 4.69) is 17.4 Å². The number of amides is 3. The van der Waals surface area contributed by atoms with Crippen LogP contribution in [0.5, 0.6) is 0 Å². The zero-order valence-corrected chi connectivity index (χ0v) is 16.9. The van der Waals surface area contributed by atoms with E-state index in [-0.39, 0.29) is 18.2 Å². The zero-order chi connectivity index (χ0) is 21.2. The molecule has 1 atom stereocenters. The zero-order valence-electron chi connectivity index (χ0n) is 16.9. The number of urea groups is 1. The fourth-order valence-corrected chi connectivity index (χ4v) is 5.27. The number of benzene rings is 3. The highest BCUT2D eigenvalue weighted by Gasteiger charge is 2.55. The molecule has 1 spiro atoms. The molecule has 5 nitrogen and oxygen atoms in total. The number of ketones is 1. The highest BCUT2D eigenvalue weighted by Crippen LogP contribution is 2.41. The van der Waals surface area contributed by atoms with Gasteiger partial charge in [-0.05, 0) is 58.7 Å². The third kappa shape index (κ3) is 2.53. The van der Waals surface area contributed by atoms with Crippen LogP contribution in [0, 0.1) is 0 Å². The van der Waals surface area contributed by atoms with Crippen LogP contribution < -0.4 is 5.32 Å². The Morgan fingerprint density at radius 3 is 2.52 bits per heavy atom. The summed E-state index contributed by atoms with van der Waals surface area (Å²) in [4.78, 5) is 40.2. The Balaban J connectivity index is 1.29. The van der Waals surface area contributed by atoms with Crippen molar-refractivity contribution in [1.82, 2.24) is 10.2 Å². The van der Waals surface area contributed by atoms with Crippen LogP contribution in [0.2, 0.25) is 0 Å². The van der Waals surface area contributed by atoms with Gasteiger partial charge in [-0.2, -0.15) is 0 Å². The maximum Gasteiger partial charge on any atom is 0.325 e. The number of nitrogens with one attached hydrogen (secondary N) is 1. The third-order valence-corrected chi connectivity index (χ3v) is 6.84. The van der Waals surface area contributed by atoms with Crippen molar-refractivity contribution in [2.75, 3.05) is 6.54 Å². The van der Waals surface area contributed by atoms with E-state index in [1.54, 1.807) is 6.07 Å². The van der Waals surface area contributed by atoms with Crippen LogP contribution in [0.25, 0.3) is 11.1 Å². The molecule has 1 aliphatic heterocycles. The van der Waals surface area contributed by atoms with E-state index in [0.29, 0.717) is 12.0 Å². The van der Waals surface area contributed by atoms with Gasteiger partial charge in [0.05, 0.1) is 6.54 Å². The van der Waals surface area contributed by atoms with Crippen LogP contribution in [-0.4, -0.2) is 29.2 Å². The van der Waals surface area contributed by atoms with E-state index in [4.69, 9.17) is 0 Å². The van der Waals surface area contributed by atoms with E-state index in [1.807, 2.05) is 48.5 Å². The number of nitrogens with zero attached hydrogens (tertiary/aromatic N) is 1. The van der Waals surface area contributed by atoms with Gasteiger partial charge in [-0.3, -0.25) is 14.5 Å². The number of aryl methyl sites for hydroxylation is 1. The SMILES string of the molecule is O=C(CN1C(=O)N[C@@]2(CCc3ccccc32)C1=O)c1ccc2c(c1)-c1ccccc1C2. The summed E-state index contributed by atoms with van der Waals surface area (Å²) in [7, 11) is 0. The highest BCUT2D eigenvalue weighted by atomic mass is 16.2. The van der Waals surface area contributed by atoms with Crippen molar-refractivity contribution in [3.05, 3.63) is 94.5 Å². The second kappa shape index (κ2) is 6.38. The van der Waals surface area contributed by atoms with Crippen LogP contribution in [0.1, 0.15) is 39.0 Å². The molecule has 3 aromatic carbocycles. The lowest BCUT2D eigenvalue weighted by molar-refractivity contribution is -0.131. The fraction of sp³-hybridized carbons (Fsp3) is 0.192. The number of fused-ring (bicyclic) bond motifs is 5. The van der Waals surface area contributed by atoms with Crippen LogP contribution in [0.3, 0.4) is 0 Å². The molecular formula is C26H20N2O3. The Bertz CT molecular complexity index is 1300. The van der Waals surface area contributed by atoms with Gasteiger partial charge in [-0.1, -0.05) is 60.7 Å². The summed E-state index contributed by atoms with van der Waals surface area (Å²) >= 11 is 0. The topological polar surface area (TPSA) is 66.5 Å². The van der Waals surface area contributed by atoms with E-state index in [0.717, 1.165) is 40.0 Å². The van der Waals surface area contributed by atoms with Gasteiger partial charge in [0.15, 0.2) is 5.78 Å². The maximum absolute atomic E-state index is 13.3. The van der Waals surface area contributed by atoms with Crippen molar-refractivity contribution in [3.8, 4) is 11.1 Å². The van der Waals surface area contributed by atoms with Gasteiger partial charge in [0.1, 0.15) is 5.54 Å². The summed E-state index contributed by atoms with van der Waals surface area (Å²) in [5, 5.41) is 2.88. The number of hydrogen-bond acceptors (Lipinski definition) is 3. The summed E-state index contributed by atoms with van der Waals surface area (Å²) in [6.45, 7) is -0.255. The molecule has 31 heavy (non-hydrogen) atoms. The molecule has 152 valence electrons. The molecule has 6 rings (SSSR count). The Hall–Kier alpha value is -3.73. The van der Waals surface area contributed by atoms with E-state index < -0.39 is 11.6 Å². The molecule has 1 N–H and O–H groups in total. The smallest absolute Gasteiger partial charge is 0.319 e. The second-order valence-corrected chi connectivity index (χ2v) is 8.51. The average molecular weight is 408 g/mol. The standard InChI is InChI=1S/C26H20N2O3/c29-23(19-10-9-18-13-17-6-1-3-7-20(17)21(18)14-19)15-28-24(30)26(27-25(28)31)12-11-16-5-2-4-8-22(16)26/h1-10,14H,11-13,15H2,(H,27,31)/t26-/m1/s1. The van der Waals surface area contributed by atoms with E-state index in [9.17, 15) is 14.4 Å². The predicted molar refractivity (Wildman–Crippen MR) is 116 cm³/mol. The average Bonchev–Trinajstić information content (AvgIpc) is 3.42. The molecule has 0 bridgehead atoms. The Morgan fingerprint density at radius 1 is 0.903 bits per heavy atom. The third-order valence-electron chi connectivity index (χ3n) is 6.84. The lowest BCUT2D eigenvalue weighted by atomic mass is 9.92. The minimum Gasteiger partial charge on any atom is -0.319 e. The first-order valence-electron chi connectivity index (χ1n) is 10.5. The lowest BCUT2D eigenvalue weighted by Gasteiger charge is -2.22. The maximum atomic E-state index is 13.3. The number of imide groups is 1. The molecule has 0 radical (unpaired) electrons. The first-order chi connectivity index (χ1) is 15.1. The van der Waals surface area contributed by atoms with Gasteiger partial charge in [0.25, 0.3) is 5.91 Å². The van der Waals surface area contributed by atoms with Crippen LogP contribution in [0.4, 0.5) is 4.79 Å². The van der Waals surface area contributed by atoms with Gasteiger partial charge in [-0.25, -0.2) is 4.79 Å². The summed E-state index contributed by atoms with van der Waals surface area (Å²) < 4.78 is 0. The van der Waals surface area contributed by atoms with Gasteiger partial charge in [0.2, 0.25) is 0 Å². The van der Waals surface area contributed by atoms with Crippen LogP contribution in [0.15, 0.2) is 66.7 Å². The summed E-state index contributed by atoms with van der Waals surface area (Å²) in [6, 6.07) is 21.0. The molecule has 5 heteroatoms. The number of rotatable bonds is 3. The molecule has 3 amide bonds. The van der Waals surface area contributed by atoms with Crippen LogP contribution in [-0.2, 0) is 23.2 Å². The Morgan fingerprint density at radius 2 is 1.65 bits per heavy atom. The minimum atomic E-state index is -1.04. The molecule has 0 aromatic heterocycles. The summed E-state index contributed by atoms with van der Waals surface area (Å²) in [5.41, 5.74) is 6.03. The minimum absolute atomic E-state index is 0.237. The van der Waals surface area contributed by atoms with E-state index >= 15 is 0 Å². The summed E-state index contributed by atoms with van der Waals surface area (Å²) in [5.74, 6) is -0.568. The van der Waals surface area contributed by atoms with Crippen molar-refractivity contribution in [1.29, 1.82) is 0 Å². The number of Topliss-reactive ketones (excluding diaryl/α,β-unsaturated/α-hetero) is 1. The number of carbonyl (C=O) groups is 3. The largest absolute Gasteiger partial charge is 0.325 e. The number of carbonyl (C=O) groups excluding carboxylic acids is 3. The molecule has 1 fully saturated rings. The predicted octanol–water partition coefficient (Wildman–Crippen LogP) is 3.83. The molecule has 1 saturated heterocycles. The van der Waals surface area contributed by atoms with Gasteiger partial charge in [-0.15, -0.1) is 0 Å². The molecule has 1 heterocycles. The van der Waals surface area contributed by atoms with Gasteiger partial charge in [0, 0.05) is 5.56 Å². The first kappa shape index (κ1) is 18.1. The summed E-state index contributed by atoms with van der Waals surface area (Å²) in [6.07, 6.45) is 2.11. The van der Waals surface area contributed by atoms with Crippen molar-refractivity contribution < 1.29 is 14.4 Å². The first-order valence-corrected chi connectivity index (χ1v) is 10.5. The highest BCUT2D eigenvalue weighted by molar-refractivity contribution is 6.12. The quantitative estimate of drug-likeness (QED) is 0.414. The van der Waals surface area contributed by atoms with Crippen LogP contribution >= 0.6 is 0 Å². The molecule has 3 aromatic rings. The van der Waals surface area contributed by atoms with Crippen molar-refractivity contribution in [2.24, 2.45) is 0 Å². The Labute approximate surface area is 179 Å². The molecule has 2 aliphatic carbocycles.